The molecule has 0 saturated heterocycles. The predicted molar refractivity (Wildman–Crippen MR) is 78.7 cm³/mol. The van der Waals surface area contributed by atoms with Crippen LogP contribution in [-0.2, 0) is 16.1 Å². The Morgan fingerprint density at radius 3 is 2.90 bits per heavy atom. The van der Waals surface area contributed by atoms with E-state index in [-0.39, 0.29) is 12.6 Å². The van der Waals surface area contributed by atoms with E-state index < -0.39 is 0 Å². The van der Waals surface area contributed by atoms with E-state index in [0.717, 1.165) is 21.2 Å². The molecule has 0 amide bonds. The molecule has 1 heterocycles. The molecule has 0 unspecified atom stereocenters. The van der Waals surface area contributed by atoms with Crippen LogP contribution in [0.5, 0.6) is 5.75 Å². The lowest BCUT2D eigenvalue weighted by atomic mass is 10.2. The van der Waals surface area contributed by atoms with Gasteiger partial charge in [0.05, 0.1) is 17.0 Å². The topological polar surface area (TPSA) is 48.4 Å². The van der Waals surface area contributed by atoms with Gasteiger partial charge < -0.3 is 9.47 Å². The van der Waals surface area contributed by atoms with E-state index in [9.17, 15) is 4.79 Å². The van der Waals surface area contributed by atoms with Gasteiger partial charge in [-0.25, -0.2) is 9.78 Å². The summed E-state index contributed by atoms with van der Waals surface area (Å²) in [6, 6.07) is 7.47. The molecule has 20 heavy (non-hydrogen) atoms. The predicted octanol–water partition coefficient (Wildman–Crippen LogP) is 3.22. The number of benzene rings is 1. The highest BCUT2D eigenvalue weighted by molar-refractivity contribution is 7.11. The van der Waals surface area contributed by atoms with E-state index >= 15 is 0 Å². The summed E-state index contributed by atoms with van der Waals surface area (Å²) in [6.07, 6.45) is 4.79. The van der Waals surface area contributed by atoms with Gasteiger partial charge in [-0.3, -0.25) is 0 Å². The average molecular weight is 289 g/mol. The normalized spacial score (nSPS) is 10.7. The SMILES string of the molecule is COc1ccccc1/C=C/C(=O)OCc1cnc(C)s1. The van der Waals surface area contributed by atoms with Gasteiger partial charge in [0.1, 0.15) is 12.4 Å². The Hall–Kier alpha value is -2.14. The number of hydrogen-bond acceptors (Lipinski definition) is 5. The van der Waals surface area contributed by atoms with Crippen molar-refractivity contribution < 1.29 is 14.3 Å². The quantitative estimate of drug-likeness (QED) is 0.626. The van der Waals surface area contributed by atoms with Gasteiger partial charge >= 0.3 is 5.97 Å². The highest BCUT2D eigenvalue weighted by atomic mass is 32.1. The van der Waals surface area contributed by atoms with Crippen molar-refractivity contribution in [3.8, 4) is 5.75 Å². The standard InChI is InChI=1S/C15H15NO3S/c1-11-16-9-13(20-11)10-19-15(17)8-7-12-5-3-4-6-14(12)18-2/h3-9H,10H2,1-2H3/b8-7+. The molecule has 5 heteroatoms. The maximum Gasteiger partial charge on any atom is 0.331 e. The maximum absolute atomic E-state index is 11.6. The second-order valence-electron chi connectivity index (χ2n) is 4.03. The summed E-state index contributed by atoms with van der Waals surface area (Å²) < 4.78 is 10.3. The van der Waals surface area contributed by atoms with Crippen LogP contribution in [0.25, 0.3) is 6.08 Å². The Balaban J connectivity index is 1.92. The fraction of sp³-hybridized carbons (Fsp3) is 0.200. The molecule has 0 spiro atoms. The molecule has 0 aliphatic carbocycles. The summed E-state index contributed by atoms with van der Waals surface area (Å²) in [5, 5.41) is 0.959. The Labute approximate surface area is 121 Å². The zero-order chi connectivity index (χ0) is 14.4. The van der Waals surface area contributed by atoms with Crippen LogP contribution in [0.4, 0.5) is 0 Å². The molecule has 104 valence electrons. The summed E-state index contributed by atoms with van der Waals surface area (Å²) in [5.74, 6) is 0.330. The number of rotatable bonds is 5. The van der Waals surface area contributed by atoms with E-state index in [0.29, 0.717) is 0 Å². The van der Waals surface area contributed by atoms with Gasteiger partial charge in [-0.1, -0.05) is 18.2 Å². The first-order valence-corrected chi connectivity index (χ1v) is 6.90. The molecule has 0 fully saturated rings. The first-order chi connectivity index (χ1) is 9.69. The number of methoxy groups -OCH3 is 1. The minimum Gasteiger partial charge on any atom is -0.496 e. The number of aryl methyl sites for hydroxylation is 1. The highest BCUT2D eigenvalue weighted by Crippen LogP contribution is 2.18. The molecule has 0 aliphatic rings. The molecular formula is C15H15NO3S. The lowest BCUT2D eigenvalue weighted by Gasteiger charge is -2.03. The van der Waals surface area contributed by atoms with Crippen molar-refractivity contribution in [1.82, 2.24) is 4.98 Å². The van der Waals surface area contributed by atoms with Gasteiger partial charge in [0, 0.05) is 17.8 Å². The Bertz CT molecular complexity index is 619. The molecule has 2 rings (SSSR count). The van der Waals surface area contributed by atoms with Crippen LogP contribution in [0.2, 0.25) is 0 Å². The maximum atomic E-state index is 11.6. The van der Waals surface area contributed by atoms with Crippen molar-refractivity contribution in [1.29, 1.82) is 0 Å². The average Bonchev–Trinajstić information content (AvgIpc) is 2.89. The zero-order valence-electron chi connectivity index (χ0n) is 11.3. The van der Waals surface area contributed by atoms with Gasteiger partial charge in [-0.2, -0.15) is 0 Å². The summed E-state index contributed by atoms with van der Waals surface area (Å²) in [4.78, 5) is 16.7. The van der Waals surface area contributed by atoms with Crippen molar-refractivity contribution in [3.05, 3.63) is 52.0 Å². The summed E-state index contributed by atoms with van der Waals surface area (Å²) in [6.45, 7) is 2.16. The summed E-state index contributed by atoms with van der Waals surface area (Å²) in [5.41, 5.74) is 0.834. The Morgan fingerprint density at radius 2 is 2.20 bits per heavy atom. The number of hydrogen-bond donors (Lipinski definition) is 0. The third kappa shape index (κ3) is 3.93. The van der Waals surface area contributed by atoms with Crippen LogP contribution in [0.15, 0.2) is 36.5 Å². The molecule has 0 bridgehead atoms. The molecular weight excluding hydrogens is 274 g/mol. The number of thiazole rings is 1. The number of carbonyl (C=O) groups excluding carboxylic acids is 1. The van der Waals surface area contributed by atoms with E-state index in [1.54, 1.807) is 19.4 Å². The number of esters is 1. The number of nitrogens with zero attached hydrogens (tertiary/aromatic N) is 1. The lowest BCUT2D eigenvalue weighted by Crippen LogP contribution is -1.99. The Kier molecular flexibility index (Phi) is 4.90. The van der Waals surface area contributed by atoms with Crippen molar-refractivity contribution in [2.75, 3.05) is 7.11 Å². The molecule has 0 N–H and O–H groups in total. The van der Waals surface area contributed by atoms with E-state index in [1.807, 2.05) is 31.2 Å². The lowest BCUT2D eigenvalue weighted by molar-refractivity contribution is -0.138. The van der Waals surface area contributed by atoms with Gasteiger partial charge in [0.15, 0.2) is 0 Å². The molecule has 1 aromatic heterocycles. The smallest absolute Gasteiger partial charge is 0.331 e. The fourth-order valence-electron chi connectivity index (χ4n) is 1.62. The van der Waals surface area contributed by atoms with Crippen LogP contribution < -0.4 is 4.74 Å². The first kappa shape index (κ1) is 14.3. The van der Waals surface area contributed by atoms with E-state index in [2.05, 4.69) is 4.98 Å². The number of aromatic nitrogens is 1. The third-order valence-corrected chi connectivity index (χ3v) is 3.45. The Morgan fingerprint density at radius 1 is 1.40 bits per heavy atom. The molecule has 0 atom stereocenters. The highest BCUT2D eigenvalue weighted by Gasteiger charge is 2.03. The second-order valence-corrected chi connectivity index (χ2v) is 5.35. The molecule has 2 aromatic rings. The van der Waals surface area contributed by atoms with Gasteiger partial charge in [0.2, 0.25) is 0 Å². The number of carbonyl (C=O) groups is 1. The largest absolute Gasteiger partial charge is 0.496 e. The van der Waals surface area contributed by atoms with Crippen LogP contribution in [0.1, 0.15) is 15.4 Å². The van der Waals surface area contributed by atoms with Gasteiger partial charge in [-0.15, -0.1) is 11.3 Å². The fourth-order valence-corrected chi connectivity index (χ4v) is 2.33. The van der Waals surface area contributed by atoms with E-state index in [4.69, 9.17) is 9.47 Å². The third-order valence-electron chi connectivity index (χ3n) is 2.56. The molecule has 1 aromatic carbocycles. The van der Waals surface area contributed by atoms with Crippen LogP contribution in [0.3, 0.4) is 0 Å². The van der Waals surface area contributed by atoms with Crippen molar-refractivity contribution in [2.45, 2.75) is 13.5 Å². The van der Waals surface area contributed by atoms with Gasteiger partial charge in [-0.05, 0) is 19.1 Å². The number of para-hydroxylation sites is 1. The van der Waals surface area contributed by atoms with Crippen molar-refractivity contribution in [2.24, 2.45) is 0 Å². The van der Waals surface area contributed by atoms with Crippen molar-refractivity contribution >= 4 is 23.4 Å². The number of ether oxygens (including phenoxy) is 2. The van der Waals surface area contributed by atoms with Crippen molar-refractivity contribution in [3.63, 3.8) is 0 Å². The van der Waals surface area contributed by atoms with Gasteiger partial charge in [0.25, 0.3) is 0 Å². The monoisotopic (exact) mass is 289 g/mol. The molecule has 0 radical (unpaired) electrons. The molecule has 4 nitrogen and oxygen atoms in total. The summed E-state index contributed by atoms with van der Waals surface area (Å²) >= 11 is 1.52. The second kappa shape index (κ2) is 6.86. The molecule has 0 aliphatic heterocycles. The minimum atomic E-state index is -0.387. The van der Waals surface area contributed by atoms with Crippen LogP contribution in [-0.4, -0.2) is 18.1 Å². The first-order valence-electron chi connectivity index (χ1n) is 6.08. The zero-order valence-corrected chi connectivity index (χ0v) is 12.1. The minimum absolute atomic E-state index is 0.251. The van der Waals surface area contributed by atoms with Crippen LogP contribution >= 0.6 is 11.3 Å². The molecule has 0 saturated carbocycles. The summed E-state index contributed by atoms with van der Waals surface area (Å²) in [7, 11) is 1.59. The van der Waals surface area contributed by atoms with E-state index in [1.165, 1.54) is 17.4 Å². The van der Waals surface area contributed by atoms with Crippen LogP contribution in [0, 0.1) is 6.92 Å².